The summed E-state index contributed by atoms with van der Waals surface area (Å²) in [6, 6.07) is 4.09. The fraction of sp³-hybridized carbons (Fsp3) is 0.571. The van der Waals surface area contributed by atoms with Crippen LogP contribution in [0.2, 0.25) is 0 Å². The van der Waals surface area contributed by atoms with Crippen molar-refractivity contribution in [3.63, 3.8) is 0 Å². The molecule has 0 spiro atoms. The molecule has 100 valence electrons. The van der Waals surface area contributed by atoms with E-state index in [2.05, 4.69) is 5.32 Å². The zero-order valence-corrected chi connectivity index (χ0v) is 10.5. The molecular formula is C14H20F2N2. The molecule has 1 aromatic carbocycles. The molecule has 3 N–H and O–H groups in total. The van der Waals surface area contributed by atoms with Crippen LogP contribution in [-0.4, -0.2) is 18.6 Å². The SMILES string of the molecule is NC1CCCCC1NCCc1cc(F)ccc1F. The van der Waals surface area contributed by atoms with Crippen molar-refractivity contribution in [1.29, 1.82) is 0 Å². The minimum atomic E-state index is -0.388. The molecule has 0 aliphatic heterocycles. The number of hydrogen-bond donors (Lipinski definition) is 2. The fourth-order valence-electron chi connectivity index (χ4n) is 2.54. The highest BCUT2D eigenvalue weighted by molar-refractivity contribution is 5.19. The van der Waals surface area contributed by atoms with Gasteiger partial charge in [-0.05, 0) is 49.6 Å². The van der Waals surface area contributed by atoms with Crippen LogP contribution in [0.15, 0.2) is 18.2 Å². The summed E-state index contributed by atoms with van der Waals surface area (Å²) in [5, 5.41) is 3.35. The summed E-state index contributed by atoms with van der Waals surface area (Å²) in [6.45, 7) is 0.638. The lowest BCUT2D eigenvalue weighted by atomic mass is 9.91. The van der Waals surface area contributed by atoms with Crippen molar-refractivity contribution >= 4 is 0 Å². The predicted molar refractivity (Wildman–Crippen MR) is 68.3 cm³/mol. The molecule has 0 bridgehead atoms. The Bertz CT molecular complexity index is 395. The Kier molecular flexibility index (Phi) is 4.66. The standard InChI is InChI=1S/C14H20F2N2/c15-11-5-6-12(16)10(9-11)7-8-18-14-4-2-1-3-13(14)17/h5-6,9,13-14,18H,1-4,7-8,17H2. The van der Waals surface area contributed by atoms with Gasteiger partial charge in [-0.15, -0.1) is 0 Å². The van der Waals surface area contributed by atoms with Crippen LogP contribution in [0.5, 0.6) is 0 Å². The van der Waals surface area contributed by atoms with Crippen molar-refractivity contribution in [3.05, 3.63) is 35.4 Å². The summed E-state index contributed by atoms with van der Waals surface area (Å²) in [5.41, 5.74) is 6.44. The molecule has 1 aromatic rings. The summed E-state index contributed by atoms with van der Waals surface area (Å²) in [6.07, 6.45) is 5.00. The second-order valence-electron chi connectivity index (χ2n) is 4.99. The van der Waals surface area contributed by atoms with Gasteiger partial charge in [0, 0.05) is 12.1 Å². The first-order chi connectivity index (χ1) is 8.66. The van der Waals surface area contributed by atoms with E-state index in [1.54, 1.807) is 0 Å². The largest absolute Gasteiger partial charge is 0.326 e. The zero-order chi connectivity index (χ0) is 13.0. The molecule has 1 aliphatic rings. The van der Waals surface area contributed by atoms with Crippen LogP contribution >= 0.6 is 0 Å². The highest BCUT2D eigenvalue weighted by Gasteiger charge is 2.20. The van der Waals surface area contributed by atoms with Gasteiger partial charge in [0.1, 0.15) is 11.6 Å². The van der Waals surface area contributed by atoms with Gasteiger partial charge in [0.25, 0.3) is 0 Å². The molecule has 2 unspecified atom stereocenters. The maximum atomic E-state index is 13.4. The second kappa shape index (κ2) is 6.25. The maximum Gasteiger partial charge on any atom is 0.126 e. The average Bonchev–Trinajstić information content (AvgIpc) is 2.36. The van der Waals surface area contributed by atoms with Crippen LogP contribution in [0.3, 0.4) is 0 Å². The highest BCUT2D eigenvalue weighted by atomic mass is 19.1. The van der Waals surface area contributed by atoms with Gasteiger partial charge in [-0.3, -0.25) is 0 Å². The number of nitrogens with one attached hydrogen (secondary N) is 1. The summed E-state index contributed by atoms with van der Waals surface area (Å²) >= 11 is 0. The first-order valence-corrected chi connectivity index (χ1v) is 6.59. The number of hydrogen-bond acceptors (Lipinski definition) is 2. The number of nitrogens with two attached hydrogens (primary N) is 1. The van der Waals surface area contributed by atoms with E-state index < -0.39 is 0 Å². The first kappa shape index (κ1) is 13.4. The van der Waals surface area contributed by atoms with E-state index in [1.807, 2.05) is 0 Å². The third kappa shape index (κ3) is 3.50. The normalized spacial score (nSPS) is 24.2. The van der Waals surface area contributed by atoms with Crippen LogP contribution in [0.1, 0.15) is 31.2 Å². The van der Waals surface area contributed by atoms with Crippen LogP contribution < -0.4 is 11.1 Å². The van der Waals surface area contributed by atoms with Crippen molar-refractivity contribution < 1.29 is 8.78 Å². The van der Waals surface area contributed by atoms with E-state index in [1.165, 1.54) is 25.0 Å². The smallest absolute Gasteiger partial charge is 0.126 e. The maximum absolute atomic E-state index is 13.4. The fourth-order valence-corrected chi connectivity index (χ4v) is 2.54. The van der Waals surface area contributed by atoms with Gasteiger partial charge in [0.05, 0.1) is 0 Å². The molecule has 0 aromatic heterocycles. The Balaban J connectivity index is 1.82. The predicted octanol–water partition coefficient (Wildman–Crippen LogP) is 2.37. The quantitative estimate of drug-likeness (QED) is 0.865. The van der Waals surface area contributed by atoms with E-state index in [4.69, 9.17) is 5.73 Å². The molecule has 1 saturated carbocycles. The Morgan fingerprint density at radius 1 is 1.22 bits per heavy atom. The molecule has 1 aliphatic carbocycles. The molecule has 0 amide bonds. The lowest BCUT2D eigenvalue weighted by Gasteiger charge is -2.29. The van der Waals surface area contributed by atoms with Crippen molar-refractivity contribution in [1.82, 2.24) is 5.32 Å². The van der Waals surface area contributed by atoms with Crippen molar-refractivity contribution in [2.75, 3.05) is 6.54 Å². The van der Waals surface area contributed by atoms with Gasteiger partial charge in [-0.2, -0.15) is 0 Å². The Morgan fingerprint density at radius 3 is 2.78 bits per heavy atom. The minimum absolute atomic E-state index is 0.191. The molecule has 2 nitrogen and oxygen atoms in total. The summed E-state index contributed by atoms with van der Waals surface area (Å²) in [5.74, 6) is -0.730. The molecule has 18 heavy (non-hydrogen) atoms. The van der Waals surface area contributed by atoms with Crippen molar-refractivity contribution in [3.8, 4) is 0 Å². The van der Waals surface area contributed by atoms with Gasteiger partial charge in [-0.25, -0.2) is 8.78 Å². The van der Waals surface area contributed by atoms with Crippen LogP contribution in [0.4, 0.5) is 8.78 Å². The highest BCUT2D eigenvalue weighted by Crippen LogP contribution is 2.17. The lowest BCUT2D eigenvalue weighted by Crippen LogP contribution is -2.47. The van der Waals surface area contributed by atoms with Crippen molar-refractivity contribution in [2.24, 2.45) is 5.73 Å². The Hall–Kier alpha value is -1.00. The second-order valence-corrected chi connectivity index (χ2v) is 4.99. The van der Waals surface area contributed by atoms with E-state index in [-0.39, 0.29) is 17.7 Å². The van der Waals surface area contributed by atoms with Gasteiger partial charge in [0.15, 0.2) is 0 Å². The van der Waals surface area contributed by atoms with E-state index in [0.717, 1.165) is 18.9 Å². The van der Waals surface area contributed by atoms with Crippen LogP contribution in [0, 0.1) is 11.6 Å². The number of rotatable bonds is 4. The molecule has 0 heterocycles. The average molecular weight is 254 g/mol. The van der Waals surface area contributed by atoms with Crippen LogP contribution in [0.25, 0.3) is 0 Å². The van der Waals surface area contributed by atoms with Gasteiger partial charge >= 0.3 is 0 Å². The number of halogens is 2. The monoisotopic (exact) mass is 254 g/mol. The summed E-state index contributed by atoms with van der Waals surface area (Å²) in [4.78, 5) is 0. The summed E-state index contributed by atoms with van der Waals surface area (Å²) < 4.78 is 26.4. The van der Waals surface area contributed by atoms with Gasteiger partial charge in [-0.1, -0.05) is 12.8 Å². The molecule has 2 rings (SSSR count). The first-order valence-electron chi connectivity index (χ1n) is 6.59. The third-order valence-corrected chi connectivity index (χ3v) is 3.63. The molecule has 2 atom stereocenters. The van der Waals surface area contributed by atoms with Gasteiger partial charge < -0.3 is 11.1 Å². The Morgan fingerprint density at radius 2 is 2.00 bits per heavy atom. The van der Waals surface area contributed by atoms with E-state index in [0.29, 0.717) is 24.6 Å². The molecular weight excluding hydrogens is 234 g/mol. The third-order valence-electron chi connectivity index (χ3n) is 3.63. The molecule has 1 fully saturated rings. The summed E-state index contributed by atoms with van der Waals surface area (Å²) in [7, 11) is 0. The number of benzene rings is 1. The van der Waals surface area contributed by atoms with Gasteiger partial charge in [0.2, 0.25) is 0 Å². The van der Waals surface area contributed by atoms with E-state index in [9.17, 15) is 8.78 Å². The lowest BCUT2D eigenvalue weighted by molar-refractivity contribution is 0.329. The molecule has 4 heteroatoms. The molecule has 0 radical (unpaired) electrons. The zero-order valence-electron chi connectivity index (χ0n) is 10.5. The van der Waals surface area contributed by atoms with E-state index >= 15 is 0 Å². The van der Waals surface area contributed by atoms with Crippen LogP contribution in [-0.2, 0) is 6.42 Å². The topological polar surface area (TPSA) is 38.0 Å². The Labute approximate surface area is 107 Å². The minimum Gasteiger partial charge on any atom is -0.326 e. The van der Waals surface area contributed by atoms with Crippen molar-refractivity contribution in [2.45, 2.75) is 44.2 Å². The molecule has 0 saturated heterocycles.